The van der Waals surface area contributed by atoms with E-state index in [1.54, 1.807) is 6.07 Å². The molecular weight excluding hydrogens is 266 g/mol. The molecule has 0 aliphatic carbocycles. The molecule has 0 aliphatic rings. The topological polar surface area (TPSA) is 62.3 Å². The number of ketones is 1. The van der Waals surface area contributed by atoms with E-state index < -0.39 is 0 Å². The Bertz CT molecular complexity index is 504. The second-order valence-electron chi connectivity index (χ2n) is 6.64. The Morgan fingerprint density at radius 1 is 1.24 bits per heavy atom. The number of pyridine rings is 1. The van der Waals surface area contributed by atoms with E-state index >= 15 is 0 Å². The van der Waals surface area contributed by atoms with E-state index in [0.29, 0.717) is 24.1 Å². The molecule has 1 aromatic rings. The Morgan fingerprint density at radius 3 is 2.48 bits per heavy atom. The number of nitrogens with one attached hydrogen (secondary N) is 1. The highest BCUT2D eigenvalue weighted by Crippen LogP contribution is 2.22. The number of carbonyl (C=O) groups is 2. The van der Waals surface area contributed by atoms with Crippen molar-refractivity contribution in [1.29, 1.82) is 0 Å². The van der Waals surface area contributed by atoms with Crippen molar-refractivity contribution in [3.63, 3.8) is 0 Å². The van der Waals surface area contributed by atoms with Crippen LogP contribution in [0.5, 0.6) is 0 Å². The number of likely N-dealkylation sites (N-methyl/N-ethyl adjacent to an activating group) is 1. The average Bonchev–Trinajstić information content (AvgIpc) is 2.36. The van der Waals surface area contributed by atoms with Gasteiger partial charge in [-0.15, -0.1) is 0 Å². The molecule has 0 aliphatic heterocycles. The highest BCUT2D eigenvalue weighted by molar-refractivity contribution is 6.07. The van der Waals surface area contributed by atoms with E-state index in [0.717, 1.165) is 6.54 Å². The number of aromatic nitrogens is 1. The van der Waals surface area contributed by atoms with Gasteiger partial charge in [0.25, 0.3) is 5.91 Å². The first-order valence-electron chi connectivity index (χ1n) is 7.11. The van der Waals surface area contributed by atoms with Crippen molar-refractivity contribution in [2.45, 2.75) is 27.2 Å². The Kier molecular flexibility index (Phi) is 6.03. The van der Waals surface area contributed by atoms with Gasteiger partial charge in [0.2, 0.25) is 0 Å². The van der Waals surface area contributed by atoms with Crippen LogP contribution in [-0.4, -0.2) is 48.8 Å². The number of rotatable bonds is 6. The second-order valence-corrected chi connectivity index (χ2v) is 6.64. The molecule has 0 unspecified atom stereocenters. The van der Waals surface area contributed by atoms with Gasteiger partial charge in [0.15, 0.2) is 5.78 Å². The van der Waals surface area contributed by atoms with Crippen LogP contribution in [0.1, 0.15) is 47.9 Å². The zero-order chi connectivity index (χ0) is 16.0. The maximum absolute atomic E-state index is 12.3. The zero-order valence-electron chi connectivity index (χ0n) is 13.6. The molecule has 21 heavy (non-hydrogen) atoms. The third kappa shape index (κ3) is 6.04. The number of hydrogen-bond acceptors (Lipinski definition) is 4. The molecule has 1 heterocycles. The van der Waals surface area contributed by atoms with Crippen LogP contribution in [0.4, 0.5) is 0 Å². The first-order chi connectivity index (χ1) is 9.70. The lowest BCUT2D eigenvalue weighted by Gasteiger charge is -2.18. The van der Waals surface area contributed by atoms with Crippen LogP contribution < -0.4 is 5.32 Å². The van der Waals surface area contributed by atoms with Crippen molar-refractivity contribution < 1.29 is 9.59 Å². The molecule has 0 radical (unpaired) electrons. The molecule has 0 bridgehead atoms. The van der Waals surface area contributed by atoms with E-state index in [4.69, 9.17) is 0 Å². The van der Waals surface area contributed by atoms with Crippen LogP contribution in [0.25, 0.3) is 0 Å². The fraction of sp³-hybridized carbons (Fsp3) is 0.562. The number of nitrogens with zero attached hydrogens (tertiary/aromatic N) is 2. The van der Waals surface area contributed by atoms with Crippen LogP contribution >= 0.6 is 0 Å². The summed E-state index contributed by atoms with van der Waals surface area (Å²) < 4.78 is 0. The standard InChI is InChI=1S/C16H25N3O2/c1-16(2,3)10-14(20)13-11-17-7-6-12(13)15(21)18-8-9-19(4)5/h6-7,11H,8-10H2,1-5H3,(H,18,21). The van der Waals surface area contributed by atoms with Crippen LogP contribution in [0.3, 0.4) is 0 Å². The average molecular weight is 291 g/mol. The van der Waals surface area contributed by atoms with E-state index in [-0.39, 0.29) is 17.1 Å². The summed E-state index contributed by atoms with van der Waals surface area (Å²) in [6.07, 6.45) is 3.40. The van der Waals surface area contributed by atoms with E-state index in [1.807, 2.05) is 39.8 Å². The van der Waals surface area contributed by atoms with Gasteiger partial charge in [-0.3, -0.25) is 14.6 Å². The van der Waals surface area contributed by atoms with Crippen molar-refractivity contribution in [2.24, 2.45) is 5.41 Å². The minimum atomic E-state index is -0.225. The molecule has 1 amide bonds. The lowest BCUT2D eigenvalue weighted by Crippen LogP contribution is -2.32. The van der Waals surface area contributed by atoms with Crippen molar-refractivity contribution in [1.82, 2.24) is 15.2 Å². The van der Waals surface area contributed by atoms with Crippen molar-refractivity contribution in [3.8, 4) is 0 Å². The monoisotopic (exact) mass is 291 g/mol. The summed E-state index contributed by atoms with van der Waals surface area (Å²) in [5.74, 6) is -0.273. The van der Waals surface area contributed by atoms with Gasteiger partial charge in [0.1, 0.15) is 0 Å². The summed E-state index contributed by atoms with van der Waals surface area (Å²) in [4.78, 5) is 30.5. The van der Waals surface area contributed by atoms with E-state index in [2.05, 4.69) is 10.3 Å². The molecule has 1 N–H and O–H groups in total. The maximum Gasteiger partial charge on any atom is 0.252 e. The zero-order valence-corrected chi connectivity index (χ0v) is 13.6. The fourth-order valence-corrected chi connectivity index (χ4v) is 1.88. The van der Waals surface area contributed by atoms with Crippen LogP contribution in [0.15, 0.2) is 18.5 Å². The molecule has 0 aromatic carbocycles. The molecule has 116 valence electrons. The molecule has 1 rings (SSSR count). The fourth-order valence-electron chi connectivity index (χ4n) is 1.88. The largest absolute Gasteiger partial charge is 0.351 e. The Hall–Kier alpha value is -1.75. The summed E-state index contributed by atoms with van der Waals surface area (Å²) in [6, 6.07) is 1.60. The highest BCUT2D eigenvalue weighted by Gasteiger charge is 2.22. The van der Waals surface area contributed by atoms with Crippen molar-refractivity contribution in [2.75, 3.05) is 27.2 Å². The summed E-state index contributed by atoms with van der Waals surface area (Å²) in [5, 5.41) is 2.83. The first kappa shape index (κ1) is 17.3. The summed E-state index contributed by atoms with van der Waals surface area (Å²) >= 11 is 0. The number of amides is 1. The first-order valence-corrected chi connectivity index (χ1v) is 7.11. The Labute approximate surface area is 126 Å². The summed E-state index contributed by atoms with van der Waals surface area (Å²) in [6.45, 7) is 7.29. The molecule has 0 saturated heterocycles. The number of hydrogen-bond donors (Lipinski definition) is 1. The minimum Gasteiger partial charge on any atom is -0.351 e. The molecule has 5 nitrogen and oxygen atoms in total. The van der Waals surface area contributed by atoms with Crippen LogP contribution in [0.2, 0.25) is 0 Å². The van der Waals surface area contributed by atoms with Crippen LogP contribution in [0, 0.1) is 5.41 Å². The van der Waals surface area contributed by atoms with Gasteiger partial charge in [0, 0.05) is 37.5 Å². The highest BCUT2D eigenvalue weighted by atomic mass is 16.2. The normalized spacial score (nSPS) is 11.5. The lowest BCUT2D eigenvalue weighted by atomic mass is 9.87. The maximum atomic E-state index is 12.3. The molecular formula is C16H25N3O2. The predicted molar refractivity (Wildman–Crippen MR) is 83.5 cm³/mol. The third-order valence-electron chi connectivity index (χ3n) is 2.90. The quantitative estimate of drug-likeness (QED) is 0.814. The SMILES string of the molecule is CN(C)CCNC(=O)c1ccncc1C(=O)CC(C)(C)C. The van der Waals surface area contributed by atoms with Gasteiger partial charge in [0.05, 0.1) is 5.56 Å². The van der Waals surface area contributed by atoms with E-state index in [9.17, 15) is 9.59 Å². The minimum absolute atomic E-state index is 0.0478. The van der Waals surface area contributed by atoms with Crippen LogP contribution in [-0.2, 0) is 0 Å². The summed E-state index contributed by atoms with van der Waals surface area (Å²) in [7, 11) is 3.88. The van der Waals surface area contributed by atoms with Gasteiger partial charge in [-0.2, -0.15) is 0 Å². The predicted octanol–water partition coefficient (Wildman–Crippen LogP) is 1.99. The Morgan fingerprint density at radius 2 is 1.90 bits per heavy atom. The van der Waals surface area contributed by atoms with Crippen molar-refractivity contribution >= 4 is 11.7 Å². The number of carbonyl (C=O) groups excluding carboxylic acids is 2. The van der Waals surface area contributed by atoms with Gasteiger partial charge in [-0.25, -0.2) is 0 Å². The third-order valence-corrected chi connectivity index (χ3v) is 2.90. The van der Waals surface area contributed by atoms with Gasteiger partial charge >= 0.3 is 0 Å². The molecule has 1 aromatic heterocycles. The lowest BCUT2D eigenvalue weighted by molar-refractivity contribution is 0.0909. The van der Waals surface area contributed by atoms with Gasteiger partial charge < -0.3 is 10.2 Å². The number of Topliss-reactive ketones (excluding diaryl/α,β-unsaturated/α-hetero) is 1. The molecule has 0 spiro atoms. The van der Waals surface area contributed by atoms with E-state index in [1.165, 1.54) is 12.4 Å². The smallest absolute Gasteiger partial charge is 0.252 e. The molecule has 5 heteroatoms. The second kappa shape index (κ2) is 7.31. The molecule has 0 atom stereocenters. The molecule has 0 fully saturated rings. The Balaban J connectivity index is 2.84. The van der Waals surface area contributed by atoms with Crippen molar-refractivity contribution in [3.05, 3.63) is 29.6 Å². The summed E-state index contributed by atoms with van der Waals surface area (Å²) in [5.41, 5.74) is 0.679. The molecule has 0 saturated carbocycles. The van der Waals surface area contributed by atoms with Gasteiger partial charge in [-0.1, -0.05) is 20.8 Å². The van der Waals surface area contributed by atoms with Gasteiger partial charge in [-0.05, 0) is 25.6 Å².